The van der Waals surface area contributed by atoms with Gasteiger partial charge in [0.1, 0.15) is 12.2 Å². The van der Waals surface area contributed by atoms with Crippen molar-refractivity contribution in [3.05, 3.63) is 36.2 Å². The number of nitrogens with zero attached hydrogens (tertiary/aromatic N) is 1. The third-order valence-electron chi connectivity index (χ3n) is 2.13. The van der Waals surface area contributed by atoms with E-state index in [2.05, 4.69) is 11.9 Å². The Labute approximate surface area is 93.4 Å². The van der Waals surface area contributed by atoms with Crippen molar-refractivity contribution in [1.29, 1.82) is 0 Å². The number of carbonyl (C=O) groups excluding carboxylic acids is 1. The fourth-order valence-corrected chi connectivity index (χ4v) is 1.40. The normalized spacial score (nSPS) is 9.81. The lowest BCUT2D eigenvalue weighted by Crippen LogP contribution is -2.28. The van der Waals surface area contributed by atoms with Crippen molar-refractivity contribution in [3.63, 3.8) is 0 Å². The first-order valence-electron chi connectivity index (χ1n) is 4.83. The molecule has 0 radical (unpaired) electrons. The molecule has 1 rings (SSSR count). The predicted molar refractivity (Wildman–Crippen MR) is 59.3 cm³/mol. The van der Waals surface area contributed by atoms with Crippen molar-refractivity contribution >= 4 is 11.9 Å². The molecule has 0 atom stereocenters. The fraction of sp³-hybridized carbons (Fsp3) is 0.273. The third kappa shape index (κ3) is 2.73. The van der Waals surface area contributed by atoms with Crippen molar-refractivity contribution in [2.75, 3.05) is 6.54 Å². The molecule has 2 N–H and O–H groups in total. The number of carboxylic acids is 1. The molecule has 0 saturated heterocycles. The van der Waals surface area contributed by atoms with Gasteiger partial charge < -0.3 is 15.0 Å². The monoisotopic (exact) mass is 222 g/mol. The molecule has 86 valence electrons. The molecule has 0 fully saturated rings. The Kier molecular flexibility index (Phi) is 3.88. The van der Waals surface area contributed by atoms with Gasteiger partial charge >= 0.3 is 5.97 Å². The molecule has 0 unspecified atom stereocenters. The number of aromatic nitrogens is 1. The first-order valence-corrected chi connectivity index (χ1v) is 4.83. The minimum atomic E-state index is -1.03. The van der Waals surface area contributed by atoms with Crippen LogP contribution in [-0.2, 0) is 11.3 Å². The van der Waals surface area contributed by atoms with Gasteiger partial charge in [0.25, 0.3) is 0 Å². The summed E-state index contributed by atoms with van der Waals surface area (Å²) in [7, 11) is 0. The number of carbonyl (C=O) groups is 2. The molecule has 0 aromatic carbocycles. The summed E-state index contributed by atoms with van der Waals surface area (Å²) >= 11 is 0. The standard InChI is InChI=1S/C11H14N2O3/c1-3-5-12-9(14)7-13-6-4-8(2)10(13)11(15)16/h3-4,6H,1,5,7H2,2H3,(H,12,14)(H,15,16). The molecular weight excluding hydrogens is 208 g/mol. The van der Waals surface area contributed by atoms with Crippen molar-refractivity contribution < 1.29 is 14.7 Å². The van der Waals surface area contributed by atoms with E-state index >= 15 is 0 Å². The van der Waals surface area contributed by atoms with Crippen LogP contribution in [0.2, 0.25) is 0 Å². The van der Waals surface area contributed by atoms with Crippen LogP contribution in [0, 0.1) is 6.92 Å². The smallest absolute Gasteiger partial charge is 0.352 e. The molecule has 1 aromatic heterocycles. The number of aromatic carboxylic acids is 1. The average molecular weight is 222 g/mol. The molecule has 5 heteroatoms. The summed E-state index contributed by atoms with van der Waals surface area (Å²) in [5.41, 5.74) is 0.790. The van der Waals surface area contributed by atoms with Crippen molar-refractivity contribution in [1.82, 2.24) is 9.88 Å². The zero-order valence-corrected chi connectivity index (χ0v) is 9.06. The Morgan fingerprint density at radius 2 is 2.31 bits per heavy atom. The minimum absolute atomic E-state index is 0.00329. The molecule has 16 heavy (non-hydrogen) atoms. The number of aryl methyl sites for hydroxylation is 1. The minimum Gasteiger partial charge on any atom is -0.477 e. The number of hydrogen-bond acceptors (Lipinski definition) is 2. The highest BCUT2D eigenvalue weighted by molar-refractivity contribution is 5.88. The van der Waals surface area contributed by atoms with Crippen LogP contribution < -0.4 is 5.32 Å². The summed E-state index contributed by atoms with van der Waals surface area (Å²) in [4.78, 5) is 22.3. The lowest BCUT2D eigenvalue weighted by atomic mass is 10.3. The highest BCUT2D eigenvalue weighted by Gasteiger charge is 2.14. The highest BCUT2D eigenvalue weighted by Crippen LogP contribution is 2.09. The van der Waals surface area contributed by atoms with Gasteiger partial charge in [-0.1, -0.05) is 6.08 Å². The fourth-order valence-electron chi connectivity index (χ4n) is 1.40. The second kappa shape index (κ2) is 5.16. The van der Waals surface area contributed by atoms with Gasteiger partial charge in [0, 0.05) is 12.7 Å². The topological polar surface area (TPSA) is 71.3 Å². The maximum Gasteiger partial charge on any atom is 0.352 e. The molecule has 0 spiro atoms. The average Bonchev–Trinajstić information content (AvgIpc) is 2.56. The Hall–Kier alpha value is -2.04. The van der Waals surface area contributed by atoms with Gasteiger partial charge in [-0.2, -0.15) is 0 Å². The largest absolute Gasteiger partial charge is 0.477 e. The lowest BCUT2D eigenvalue weighted by Gasteiger charge is -2.06. The Bertz CT molecular complexity index is 421. The maximum atomic E-state index is 11.4. The van der Waals surface area contributed by atoms with Gasteiger partial charge in [0.05, 0.1) is 0 Å². The van der Waals surface area contributed by atoms with E-state index in [0.29, 0.717) is 12.1 Å². The SMILES string of the molecule is C=CCNC(=O)Cn1ccc(C)c1C(=O)O. The molecule has 0 aliphatic heterocycles. The van der Waals surface area contributed by atoms with E-state index in [1.807, 2.05) is 0 Å². The van der Waals surface area contributed by atoms with Crippen LogP contribution in [0.4, 0.5) is 0 Å². The van der Waals surface area contributed by atoms with E-state index < -0.39 is 5.97 Å². The number of carboxylic acid groups (broad SMARTS) is 1. The summed E-state index contributed by atoms with van der Waals surface area (Å²) < 4.78 is 1.41. The van der Waals surface area contributed by atoms with Gasteiger partial charge in [-0.3, -0.25) is 4.79 Å². The number of nitrogens with one attached hydrogen (secondary N) is 1. The summed E-state index contributed by atoms with van der Waals surface area (Å²) in [6.45, 7) is 5.55. The molecule has 1 aromatic rings. The molecular formula is C11H14N2O3. The van der Waals surface area contributed by atoms with E-state index in [9.17, 15) is 9.59 Å². The van der Waals surface area contributed by atoms with Gasteiger partial charge in [-0.15, -0.1) is 6.58 Å². The van der Waals surface area contributed by atoms with Gasteiger partial charge in [0.15, 0.2) is 0 Å². The van der Waals surface area contributed by atoms with Crippen LogP contribution in [0.1, 0.15) is 16.1 Å². The summed E-state index contributed by atoms with van der Waals surface area (Å²) in [5, 5.41) is 11.5. The number of amides is 1. The zero-order chi connectivity index (χ0) is 12.1. The molecule has 0 saturated carbocycles. The zero-order valence-electron chi connectivity index (χ0n) is 9.06. The van der Waals surface area contributed by atoms with Crippen LogP contribution in [-0.4, -0.2) is 28.1 Å². The van der Waals surface area contributed by atoms with Gasteiger partial charge in [0.2, 0.25) is 5.91 Å². The second-order valence-corrected chi connectivity index (χ2v) is 3.37. The van der Waals surface area contributed by atoms with Gasteiger partial charge in [-0.05, 0) is 18.6 Å². The van der Waals surface area contributed by atoms with Crippen LogP contribution >= 0.6 is 0 Å². The van der Waals surface area contributed by atoms with Crippen molar-refractivity contribution in [2.24, 2.45) is 0 Å². The summed E-state index contributed by atoms with van der Waals surface area (Å²) in [5.74, 6) is -1.27. The first kappa shape index (κ1) is 12.0. The first-order chi connectivity index (χ1) is 7.56. The quantitative estimate of drug-likeness (QED) is 0.724. The number of rotatable bonds is 5. The lowest BCUT2D eigenvalue weighted by molar-refractivity contribution is -0.121. The molecule has 0 aliphatic carbocycles. The second-order valence-electron chi connectivity index (χ2n) is 3.37. The molecule has 5 nitrogen and oxygen atoms in total. The van der Waals surface area contributed by atoms with E-state index in [1.165, 1.54) is 4.57 Å². The summed E-state index contributed by atoms with van der Waals surface area (Å²) in [6, 6.07) is 1.67. The Morgan fingerprint density at radius 3 is 2.88 bits per heavy atom. The highest BCUT2D eigenvalue weighted by atomic mass is 16.4. The van der Waals surface area contributed by atoms with Crippen LogP contribution in [0.5, 0.6) is 0 Å². The van der Waals surface area contributed by atoms with E-state index in [1.54, 1.807) is 25.3 Å². The number of hydrogen-bond donors (Lipinski definition) is 2. The van der Waals surface area contributed by atoms with Crippen LogP contribution in [0.25, 0.3) is 0 Å². The van der Waals surface area contributed by atoms with Crippen LogP contribution in [0.15, 0.2) is 24.9 Å². The van der Waals surface area contributed by atoms with Crippen LogP contribution in [0.3, 0.4) is 0 Å². The Morgan fingerprint density at radius 1 is 1.62 bits per heavy atom. The maximum absolute atomic E-state index is 11.4. The molecule has 1 heterocycles. The molecule has 0 bridgehead atoms. The third-order valence-corrected chi connectivity index (χ3v) is 2.13. The van der Waals surface area contributed by atoms with E-state index in [-0.39, 0.29) is 18.1 Å². The Balaban J connectivity index is 2.77. The van der Waals surface area contributed by atoms with Crippen molar-refractivity contribution in [2.45, 2.75) is 13.5 Å². The molecule has 1 amide bonds. The van der Waals surface area contributed by atoms with E-state index in [0.717, 1.165) is 0 Å². The van der Waals surface area contributed by atoms with Gasteiger partial charge in [-0.25, -0.2) is 4.79 Å². The summed E-state index contributed by atoms with van der Waals surface area (Å²) in [6.07, 6.45) is 3.16. The van der Waals surface area contributed by atoms with Crippen molar-refractivity contribution in [3.8, 4) is 0 Å². The van der Waals surface area contributed by atoms with E-state index in [4.69, 9.17) is 5.11 Å². The predicted octanol–water partition coefficient (Wildman–Crippen LogP) is 0.797. The molecule has 0 aliphatic rings.